The zero-order valence-electron chi connectivity index (χ0n) is 20.8. The van der Waals surface area contributed by atoms with Gasteiger partial charge in [-0.15, -0.1) is 0 Å². The lowest BCUT2D eigenvalue weighted by molar-refractivity contribution is -0.137. The van der Waals surface area contributed by atoms with Crippen molar-refractivity contribution in [1.29, 1.82) is 0 Å². The minimum atomic E-state index is -0.643. The Morgan fingerprint density at radius 2 is 1.97 bits per heavy atom. The van der Waals surface area contributed by atoms with Crippen molar-refractivity contribution in [2.45, 2.75) is 44.7 Å². The van der Waals surface area contributed by atoms with Gasteiger partial charge in [-0.05, 0) is 61.2 Å². The molecule has 0 aliphatic carbocycles. The third kappa shape index (κ3) is 6.74. The second kappa shape index (κ2) is 12.3. The van der Waals surface area contributed by atoms with Crippen molar-refractivity contribution >= 4 is 40.9 Å². The molecule has 1 fully saturated rings. The highest BCUT2D eigenvalue weighted by molar-refractivity contribution is 6.31. The molecule has 1 atom stereocenters. The molecular formula is C27H31ClN4O5. The molecule has 2 aromatic carbocycles. The Hall–Kier alpha value is -3.27. The van der Waals surface area contributed by atoms with Crippen LogP contribution >= 0.6 is 11.6 Å². The summed E-state index contributed by atoms with van der Waals surface area (Å²) in [6, 6.07) is 10.3. The minimum absolute atomic E-state index is 0.138. The zero-order valence-corrected chi connectivity index (χ0v) is 21.5. The van der Waals surface area contributed by atoms with Gasteiger partial charge in [0.15, 0.2) is 0 Å². The number of hydrogen-bond acceptors (Lipinski definition) is 6. The summed E-state index contributed by atoms with van der Waals surface area (Å²) in [4.78, 5) is 50.6. The zero-order chi connectivity index (χ0) is 26.4. The summed E-state index contributed by atoms with van der Waals surface area (Å²) >= 11 is 6.38. The Kier molecular flexibility index (Phi) is 8.91. The highest BCUT2D eigenvalue weighted by Gasteiger charge is 2.39. The van der Waals surface area contributed by atoms with Gasteiger partial charge in [0.05, 0.1) is 13.2 Å². The van der Waals surface area contributed by atoms with Crippen molar-refractivity contribution in [2.75, 3.05) is 32.1 Å². The third-order valence-corrected chi connectivity index (χ3v) is 6.93. The number of fused-ring (bicyclic) bond motifs is 1. The monoisotopic (exact) mass is 526 g/mol. The Labute approximate surface area is 220 Å². The van der Waals surface area contributed by atoms with Gasteiger partial charge in [-0.2, -0.15) is 0 Å². The van der Waals surface area contributed by atoms with Gasteiger partial charge in [-0.3, -0.25) is 24.5 Å². The number of hydrogen-bond donors (Lipinski definition) is 3. The van der Waals surface area contributed by atoms with E-state index in [0.717, 1.165) is 23.2 Å². The predicted octanol–water partition coefficient (Wildman–Crippen LogP) is 2.45. The van der Waals surface area contributed by atoms with Crippen molar-refractivity contribution in [1.82, 2.24) is 15.5 Å². The summed E-state index contributed by atoms with van der Waals surface area (Å²) < 4.78 is 5.54. The molecule has 196 valence electrons. The molecule has 3 N–H and O–H groups in total. The van der Waals surface area contributed by atoms with Crippen LogP contribution in [-0.2, 0) is 38.5 Å². The summed E-state index contributed by atoms with van der Waals surface area (Å²) in [5.74, 6) is -1.09. The molecule has 0 saturated carbocycles. The first-order valence-electron chi connectivity index (χ1n) is 12.4. The first-order valence-corrected chi connectivity index (χ1v) is 12.8. The lowest BCUT2D eigenvalue weighted by atomic mass is 10.0. The van der Waals surface area contributed by atoms with Crippen LogP contribution in [0.3, 0.4) is 0 Å². The summed E-state index contributed by atoms with van der Waals surface area (Å²) in [5.41, 5.74) is 3.90. The number of nitrogens with zero attached hydrogens (tertiary/aromatic N) is 1. The summed E-state index contributed by atoms with van der Waals surface area (Å²) in [7, 11) is 1.88. The number of likely N-dealkylation sites (N-methyl/N-ethyl adjacent to an activating group) is 1. The topological polar surface area (TPSA) is 117 Å². The van der Waals surface area contributed by atoms with E-state index in [1.54, 1.807) is 12.1 Å². The van der Waals surface area contributed by atoms with E-state index in [9.17, 15) is 19.2 Å². The number of aryl methyl sites for hydroxylation is 1. The standard InChI is InChI=1S/C27H31ClN4O5/c1-29-11-13-37-12-10-18-4-5-20(15-22(18)28)30-24(33)8-3-17-2-6-21-19(14-17)16-32(27(21)36)23-7-9-25(34)31-26(23)35/h2,4-6,14-15,23,29H,3,7-13,16H2,1H3,(H,30,33)(H,31,34,35). The molecule has 0 radical (unpaired) electrons. The molecule has 4 rings (SSSR count). The molecule has 0 aromatic heterocycles. The highest BCUT2D eigenvalue weighted by Crippen LogP contribution is 2.28. The largest absolute Gasteiger partial charge is 0.380 e. The number of carbonyl (C=O) groups is 4. The number of ether oxygens (including phenoxy) is 1. The Balaban J connectivity index is 1.28. The van der Waals surface area contributed by atoms with Crippen molar-refractivity contribution in [3.8, 4) is 0 Å². The SMILES string of the molecule is CNCCOCCc1ccc(NC(=O)CCc2ccc3c(c2)CN(C2CCC(=O)NC2=O)C3=O)cc1Cl. The molecule has 0 bridgehead atoms. The van der Waals surface area contributed by atoms with Crippen LogP contribution in [0.2, 0.25) is 5.02 Å². The Bertz CT molecular complexity index is 1200. The van der Waals surface area contributed by atoms with Gasteiger partial charge >= 0.3 is 0 Å². The number of halogens is 1. The average molecular weight is 527 g/mol. The number of benzene rings is 2. The molecule has 37 heavy (non-hydrogen) atoms. The average Bonchev–Trinajstić information content (AvgIpc) is 3.19. The molecule has 0 spiro atoms. The first kappa shape index (κ1) is 26.8. The number of carbonyl (C=O) groups excluding carboxylic acids is 4. The molecular weight excluding hydrogens is 496 g/mol. The van der Waals surface area contributed by atoms with Crippen LogP contribution in [0.5, 0.6) is 0 Å². The van der Waals surface area contributed by atoms with Gasteiger partial charge in [-0.25, -0.2) is 0 Å². The van der Waals surface area contributed by atoms with E-state index in [0.29, 0.717) is 55.3 Å². The lowest BCUT2D eigenvalue weighted by Crippen LogP contribution is -2.52. The maximum atomic E-state index is 12.8. The van der Waals surface area contributed by atoms with E-state index in [1.807, 2.05) is 31.3 Å². The van der Waals surface area contributed by atoms with Crippen LogP contribution in [-0.4, -0.2) is 61.4 Å². The molecule has 1 saturated heterocycles. The van der Waals surface area contributed by atoms with Gasteiger partial charge in [0, 0.05) is 42.2 Å². The molecule has 2 heterocycles. The molecule has 2 aliphatic heterocycles. The fourth-order valence-corrected chi connectivity index (χ4v) is 4.83. The predicted molar refractivity (Wildman–Crippen MR) is 139 cm³/mol. The van der Waals surface area contributed by atoms with Crippen LogP contribution in [0.15, 0.2) is 36.4 Å². The van der Waals surface area contributed by atoms with E-state index >= 15 is 0 Å². The number of nitrogens with one attached hydrogen (secondary N) is 3. The smallest absolute Gasteiger partial charge is 0.255 e. The molecule has 9 nitrogen and oxygen atoms in total. The molecule has 10 heteroatoms. The molecule has 1 unspecified atom stereocenters. The summed E-state index contributed by atoms with van der Waals surface area (Å²) in [6.45, 7) is 2.32. The molecule has 4 amide bonds. The number of piperidine rings is 1. The van der Waals surface area contributed by atoms with Crippen LogP contribution in [0.1, 0.15) is 46.3 Å². The van der Waals surface area contributed by atoms with Gasteiger partial charge in [-0.1, -0.05) is 29.8 Å². The second-order valence-electron chi connectivity index (χ2n) is 9.21. The number of rotatable bonds is 11. The van der Waals surface area contributed by atoms with Crippen molar-refractivity contribution in [3.05, 3.63) is 63.7 Å². The van der Waals surface area contributed by atoms with E-state index in [4.69, 9.17) is 16.3 Å². The van der Waals surface area contributed by atoms with Gasteiger partial charge in [0.2, 0.25) is 17.7 Å². The fourth-order valence-electron chi connectivity index (χ4n) is 4.55. The highest BCUT2D eigenvalue weighted by atomic mass is 35.5. The molecule has 2 aliphatic rings. The van der Waals surface area contributed by atoms with E-state index < -0.39 is 11.9 Å². The first-order chi connectivity index (χ1) is 17.9. The van der Waals surface area contributed by atoms with Crippen molar-refractivity contribution in [3.63, 3.8) is 0 Å². The minimum Gasteiger partial charge on any atom is -0.380 e. The quantitative estimate of drug-likeness (QED) is 0.306. The van der Waals surface area contributed by atoms with Gasteiger partial charge in [0.1, 0.15) is 6.04 Å². The normalized spacial score (nSPS) is 17.1. The number of anilines is 1. The van der Waals surface area contributed by atoms with Crippen LogP contribution in [0.25, 0.3) is 0 Å². The lowest BCUT2D eigenvalue weighted by Gasteiger charge is -2.29. The van der Waals surface area contributed by atoms with E-state index in [-0.39, 0.29) is 30.6 Å². The number of amides is 4. The maximum absolute atomic E-state index is 12.8. The molecule has 2 aromatic rings. The van der Waals surface area contributed by atoms with Crippen molar-refractivity contribution < 1.29 is 23.9 Å². The maximum Gasteiger partial charge on any atom is 0.255 e. The van der Waals surface area contributed by atoms with Crippen LogP contribution < -0.4 is 16.0 Å². The second-order valence-corrected chi connectivity index (χ2v) is 9.62. The fraction of sp³-hybridized carbons (Fsp3) is 0.407. The Morgan fingerprint density at radius 1 is 1.14 bits per heavy atom. The van der Waals surface area contributed by atoms with E-state index in [1.165, 1.54) is 4.90 Å². The Morgan fingerprint density at radius 3 is 2.73 bits per heavy atom. The summed E-state index contributed by atoms with van der Waals surface area (Å²) in [6.07, 6.45) is 2.01. The third-order valence-electron chi connectivity index (χ3n) is 6.58. The van der Waals surface area contributed by atoms with E-state index in [2.05, 4.69) is 16.0 Å². The summed E-state index contributed by atoms with van der Waals surface area (Å²) in [5, 5.41) is 8.80. The van der Waals surface area contributed by atoms with Gasteiger partial charge in [0.25, 0.3) is 5.91 Å². The van der Waals surface area contributed by atoms with Gasteiger partial charge < -0.3 is 20.3 Å². The van der Waals surface area contributed by atoms with Crippen molar-refractivity contribution in [2.24, 2.45) is 0 Å². The van der Waals surface area contributed by atoms with Crippen LogP contribution in [0.4, 0.5) is 5.69 Å². The number of imide groups is 1. The van der Waals surface area contributed by atoms with Crippen LogP contribution in [0, 0.1) is 0 Å².